The van der Waals surface area contributed by atoms with Gasteiger partial charge in [0.15, 0.2) is 5.96 Å². The number of anilines is 2. The maximum Gasteiger partial charge on any atom is 0.194 e. The third-order valence-electron chi connectivity index (χ3n) is 5.79. The van der Waals surface area contributed by atoms with Crippen molar-refractivity contribution in [1.29, 1.82) is 0 Å². The second-order valence-electron chi connectivity index (χ2n) is 7.85. The lowest BCUT2D eigenvalue weighted by Crippen LogP contribution is -2.52. The van der Waals surface area contributed by atoms with E-state index in [1.165, 1.54) is 12.8 Å². The Morgan fingerprint density at radius 3 is 2.43 bits per heavy atom. The van der Waals surface area contributed by atoms with Gasteiger partial charge in [-0.25, -0.2) is 9.98 Å². The van der Waals surface area contributed by atoms with Gasteiger partial charge in [0.1, 0.15) is 11.6 Å². The van der Waals surface area contributed by atoms with Crippen molar-refractivity contribution in [2.45, 2.75) is 26.3 Å². The largest absolute Gasteiger partial charge is 0.506 e. The topological polar surface area (TPSA) is 67.2 Å². The van der Waals surface area contributed by atoms with E-state index in [1.54, 1.807) is 6.07 Å². The number of phenols is 1. The molecule has 0 atom stereocenters. The van der Waals surface area contributed by atoms with Gasteiger partial charge in [-0.2, -0.15) is 0 Å². The Morgan fingerprint density at radius 2 is 1.77 bits per heavy atom. The van der Waals surface area contributed by atoms with Gasteiger partial charge in [-0.1, -0.05) is 18.2 Å². The number of phenolic OH excluding ortho intramolecular Hbond substituents is 1. The van der Waals surface area contributed by atoms with Crippen molar-refractivity contribution in [2.24, 2.45) is 4.99 Å². The van der Waals surface area contributed by atoms with Crippen LogP contribution in [0, 0.1) is 0 Å². The number of aromatic nitrogens is 1. The van der Waals surface area contributed by atoms with Crippen LogP contribution in [0.3, 0.4) is 0 Å². The molecule has 0 aliphatic carbocycles. The Balaban J connectivity index is 1.36. The SMILES string of the molecule is CCNC(=NCc1ccc(N2CCCC2)nc1)N1CCN(c2ccccc2O)CC1. The molecule has 2 aliphatic heterocycles. The van der Waals surface area contributed by atoms with Gasteiger partial charge in [-0.15, -0.1) is 0 Å². The van der Waals surface area contributed by atoms with E-state index >= 15 is 0 Å². The van der Waals surface area contributed by atoms with Crippen LogP contribution in [0.1, 0.15) is 25.3 Å². The number of nitrogens with zero attached hydrogens (tertiary/aromatic N) is 5. The monoisotopic (exact) mass is 408 g/mol. The number of aliphatic imine (C=N–C) groups is 1. The maximum absolute atomic E-state index is 10.1. The lowest BCUT2D eigenvalue weighted by molar-refractivity contribution is 0.369. The standard InChI is InChI=1S/C23H32N6O/c1-2-24-23(26-18-19-9-10-22(25-17-19)28-11-5-6-12-28)29-15-13-27(14-16-29)20-7-3-4-8-21(20)30/h3-4,7-10,17,30H,2,5-6,11-16,18H2,1H3,(H,24,26). The third-order valence-corrected chi connectivity index (χ3v) is 5.79. The highest BCUT2D eigenvalue weighted by Gasteiger charge is 2.21. The number of rotatable bonds is 5. The van der Waals surface area contributed by atoms with Gasteiger partial charge in [-0.05, 0) is 43.5 Å². The number of aromatic hydroxyl groups is 1. The van der Waals surface area contributed by atoms with E-state index < -0.39 is 0 Å². The fourth-order valence-corrected chi connectivity index (χ4v) is 4.13. The number of piperazine rings is 1. The number of hydrogen-bond acceptors (Lipinski definition) is 5. The number of hydrogen-bond donors (Lipinski definition) is 2. The molecule has 0 amide bonds. The van der Waals surface area contributed by atoms with Crippen molar-refractivity contribution in [3.8, 4) is 5.75 Å². The summed E-state index contributed by atoms with van der Waals surface area (Å²) in [5.74, 6) is 2.36. The highest BCUT2D eigenvalue weighted by Crippen LogP contribution is 2.27. The molecule has 2 aromatic rings. The van der Waals surface area contributed by atoms with Crippen molar-refractivity contribution in [3.63, 3.8) is 0 Å². The van der Waals surface area contributed by atoms with Gasteiger partial charge in [0.25, 0.3) is 0 Å². The summed E-state index contributed by atoms with van der Waals surface area (Å²) in [5.41, 5.74) is 2.03. The first-order chi connectivity index (χ1) is 14.7. The highest BCUT2D eigenvalue weighted by atomic mass is 16.3. The Hall–Kier alpha value is -2.96. The van der Waals surface area contributed by atoms with Crippen molar-refractivity contribution in [2.75, 3.05) is 55.6 Å². The Morgan fingerprint density at radius 1 is 1.00 bits per heavy atom. The zero-order chi connectivity index (χ0) is 20.8. The minimum absolute atomic E-state index is 0.344. The van der Waals surface area contributed by atoms with Crippen LogP contribution < -0.4 is 15.1 Å². The molecule has 7 nitrogen and oxygen atoms in total. The minimum atomic E-state index is 0.344. The van der Waals surface area contributed by atoms with Crippen molar-refractivity contribution < 1.29 is 5.11 Å². The van der Waals surface area contributed by atoms with Crippen LogP contribution in [0.15, 0.2) is 47.6 Å². The fourth-order valence-electron chi connectivity index (χ4n) is 4.13. The Bertz CT molecular complexity index is 839. The molecular weight excluding hydrogens is 376 g/mol. The zero-order valence-electron chi connectivity index (χ0n) is 17.8. The van der Waals surface area contributed by atoms with Crippen molar-refractivity contribution >= 4 is 17.5 Å². The van der Waals surface area contributed by atoms with Gasteiger partial charge in [-0.3, -0.25) is 0 Å². The molecule has 30 heavy (non-hydrogen) atoms. The summed E-state index contributed by atoms with van der Waals surface area (Å²) in [6, 6.07) is 11.8. The fraction of sp³-hybridized carbons (Fsp3) is 0.478. The summed E-state index contributed by atoms with van der Waals surface area (Å²) >= 11 is 0. The molecule has 0 spiro atoms. The smallest absolute Gasteiger partial charge is 0.194 e. The van der Waals surface area contributed by atoms with E-state index in [0.29, 0.717) is 12.3 Å². The lowest BCUT2D eigenvalue weighted by Gasteiger charge is -2.37. The zero-order valence-corrected chi connectivity index (χ0v) is 17.8. The normalized spacial score (nSPS) is 17.5. The number of benzene rings is 1. The molecule has 2 fully saturated rings. The first-order valence-electron chi connectivity index (χ1n) is 11.0. The molecule has 4 rings (SSSR count). The predicted molar refractivity (Wildman–Crippen MR) is 122 cm³/mol. The molecule has 1 aromatic carbocycles. The third kappa shape index (κ3) is 4.78. The van der Waals surface area contributed by atoms with E-state index in [-0.39, 0.29) is 0 Å². The van der Waals surface area contributed by atoms with Gasteiger partial charge in [0.2, 0.25) is 0 Å². The van der Waals surface area contributed by atoms with E-state index in [0.717, 1.165) is 68.8 Å². The second kappa shape index (κ2) is 9.69. The average molecular weight is 409 g/mol. The summed E-state index contributed by atoms with van der Waals surface area (Å²) in [4.78, 5) is 16.4. The highest BCUT2D eigenvalue weighted by molar-refractivity contribution is 5.80. The molecule has 3 heterocycles. The van der Waals surface area contributed by atoms with Crippen LogP contribution in [-0.2, 0) is 6.54 Å². The Labute approximate surface area is 179 Å². The summed E-state index contributed by atoms with van der Waals surface area (Å²) < 4.78 is 0. The van der Waals surface area contributed by atoms with Crippen LogP contribution >= 0.6 is 0 Å². The van der Waals surface area contributed by atoms with E-state index in [9.17, 15) is 5.11 Å². The molecule has 1 aromatic heterocycles. The van der Waals surface area contributed by atoms with Crippen molar-refractivity contribution in [1.82, 2.24) is 15.2 Å². The number of pyridine rings is 1. The van der Waals surface area contributed by atoms with E-state index in [4.69, 9.17) is 4.99 Å². The van der Waals surface area contributed by atoms with Crippen LogP contribution in [0.4, 0.5) is 11.5 Å². The summed E-state index contributed by atoms with van der Waals surface area (Å²) in [6.07, 6.45) is 4.48. The van der Waals surface area contributed by atoms with Gasteiger partial charge >= 0.3 is 0 Å². The van der Waals surface area contributed by atoms with Crippen LogP contribution in [0.25, 0.3) is 0 Å². The van der Waals surface area contributed by atoms with Gasteiger partial charge < -0.3 is 25.1 Å². The predicted octanol–water partition coefficient (Wildman–Crippen LogP) is 2.68. The molecule has 0 bridgehead atoms. The van der Waals surface area contributed by atoms with Crippen LogP contribution in [0.2, 0.25) is 0 Å². The molecule has 2 aliphatic rings. The molecule has 7 heteroatoms. The van der Waals surface area contributed by atoms with Crippen LogP contribution in [0.5, 0.6) is 5.75 Å². The Kier molecular flexibility index (Phi) is 6.57. The first kappa shape index (κ1) is 20.3. The molecule has 0 saturated carbocycles. The minimum Gasteiger partial charge on any atom is -0.506 e. The lowest BCUT2D eigenvalue weighted by atomic mass is 10.2. The number of nitrogens with one attached hydrogen (secondary N) is 1. The van der Waals surface area contributed by atoms with E-state index in [1.807, 2.05) is 24.4 Å². The first-order valence-corrected chi connectivity index (χ1v) is 11.0. The van der Waals surface area contributed by atoms with Gasteiger partial charge in [0.05, 0.1) is 12.2 Å². The molecular formula is C23H32N6O. The average Bonchev–Trinajstić information content (AvgIpc) is 3.33. The molecule has 160 valence electrons. The van der Waals surface area contributed by atoms with E-state index in [2.05, 4.69) is 44.1 Å². The second-order valence-corrected chi connectivity index (χ2v) is 7.85. The summed E-state index contributed by atoms with van der Waals surface area (Å²) in [5, 5.41) is 13.5. The molecule has 0 radical (unpaired) electrons. The number of guanidine groups is 1. The summed E-state index contributed by atoms with van der Waals surface area (Å²) in [6.45, 7) is 9.23. The molecule has 2 saturated heterocycles. The van der Waals surface area contributed by atoms with Crippen LogP contribution in [-0.4, -0.2) is 66.8 Å². The molecule has 2 N–H and O–H groups in total. The quantitative estimate of drug-likeness (QED) is 0.586. The van der Waals surface area contributed by atoms with Gasteiger partial charge in [0, 0.05) is 52.0 Å². The maximum atomic E-state index is 10.1. The van der Waals surface area contributed by atoms with Crippen molar-refractivity contribution in [3.05, 3.63) is 48.2 Å². The summed E-state index contributed by atoms with van der Waals surface area (Å²) in [7, 11) is 0. The molecule has 0 unspecified atom stereocenters. The number of para-hydroxylation sites is 2.